The minimum absolute atomic E-state index is 0.0266. The summed E-state index contributed by atoms with van der Waals surface area (Å²) in [5, 5.41) is 9.97. The minimum atomic E-state index is -0.406. The number of carbonyl (C=O) groups excluding carboxylic acids is 1. The van der Waals surface area contributed by atoms with Gasteiger partial charge in [0.15, 0.2) is 0 Å². The van der Waals surface area contributed by atoms with Gasteiger partial charge in [-0.05, 0) is 50.4 Å². The van der Waals surface area contributed by atoms with Crippen molar-refractivity contribution < 1.29 is 9.90 Å². The van der Waals surface area contributed by atoms with Gasteiger partial charge in [0.1, 0.15) is 0 Å². The van der Waals surface area contributed by atoms with Gasteiger partial charge in [-0.1, -0.05) is 26.0 Å². The third-order valence-corrected chi connectivity index (χ3v) is 4.93. The lowest BCUT2D eigenvalue weighted by Gasteiger charge is -2.34. The lowest BCUT2D eigenvalue weighted by Crippen LogP contribution is -2.45. The van der Waals surface area contributed by atoms with Crippen LogP contribution in [-0.2, 0) is 6.54 Å². The van der Waals surface area contributed by atoms with E-state index < -0.39 is 6.10 Å². The third-order valence-electron chi connectivity index (χ3n) is 4.93. The van der Waals surface area contributed by atoms with Crippen molar-refractivity contribution >= 4 is 5.91 Å². The number of aliphatic hydroxyl groups is 1. The maximum Gasteiger partial charge on any atom is 0.253 e. The highest BCUT2D eigenvalue weighted by atomic mass is 16.3. The van der Waals surface area contributed by atoms with E-state index in [1.165, 1.54) is 5.56 Å². The normalized spacial score (nSPS) is 22.0. The van der Waals surface area contributed by atoms with Gasteiger partial charge < -0.3 is 10.0 Å². The van der Waals surface area contributed by atoms with E-state index >= 15 is 0 Å². The van der Waals surface area contributed by atoms with Crippen molar-refractivity contribution in [3.8, 4) is 0 Å². The van der Waals surface area contributed by atoms with Crippen LogP contribution >= 0.6 is 0 Å². The van der Waals surface area contributed by atoms with Crippen LogP contribution in [0.1, 0.15) is 50.0 Å². The number of carbonyl (C=O) groups is 1. The minimum Gasteiger partial charge on any atom is -0.391 e. The van der Waals surface area contributed by atoms with Crippen molar-refractivity contribution in [3.63, 3.8) is 0 Å². The summed E-state index contributed by atoms with van der Waals surface area (Å²) >= 11 is 0. The molecule has 0 saturated carbocycles. The van der Waals surface area contributed by atoms with Gasteiger partial charge in [-0.25, -0.2) is 0 Å². The number of β-amino-alcohol motifs (C(OH)–C–C–N with tert-alkyl or cyclic N) is 1. The summed E-state index contributed by atoms with van der Waals surface area (Å²) < 4.78 is 0. The molecule has 4 heteroatoms. The highest BCUT2D eigenvalue weighted by Crippen LogP contribution is 2.19. The SMILES string of the molecule is CCN(Cc1ccc(C(=O)N2CCC(C)C(O)C2)cc1)C(C)C. The van der Waals surface area contributed by atoms with E-state index in [0.717, 1.165) is 26.1 Å². The zero-order valence-electron chi connectivity index (χ0n) is 14.8. The second-order valence-corrected chi connectivity index (χ2v) is 6.94. The van der Waals surface area contributed by atoms with E-state index in [2.05, 4.69) is 25.7 Å². The molecule has 2 atom stereocenters. The molecule has 1 aliphatic heterocycles. The molecule has 23 heavy (non-hydrogen) atoms. The van der Waals surface area contributed by atoms with Gasteiger partial charge in [0.25, 0.3) is 5.91 Å². The van der Waals surface area contributed by atoms with Crippen molar-refractivity contribution in [1.82, 2.24) is 9.80 Å². The Balaban J connectivity index is 2.00. The summed E-state index contributed by atoms with van der Waals surface area (Å²) in [6, 6.07) is 8.42. The number of benzene rings is 1. The average Bonchev–Trinajstić information content (AvgIpc) is 2.54. The lowest BCUT2D eigenvalue weighted by atomic mass is 9.95. The summed E-state index contributed by atoms with van der Waals surface area (Å²) in [7, 11) is 0. The fraction of sp³-hybridized carbons (Fsp3) is 0.632. The molecule has 2 rings (SSSR count). The molecule has 1 aliphatic rings. The largest absolute Gasteiger partial charge is 0.391 e. The number of likely N-dealkylation sites (tertiary alicyclic amines) is 1. The molecule has 2 unspecified atom stereocenters. The Kier molecular flexibility index (Phi) is 6.19. The lowest BCUT2D eigenvalue weighted by molar-refractivity contribution is 0.0248. The van der Waals surface area contributed by atoms with Gasteiger partial charge in [-0.15, -0.1) is 0 Å². The average molecular weight is 318 g/mol. The highest BCUT2D eigenvalue weighted by Gasteiger charge is 2.27. The van der Waals surface area contributed by atoms with E-state index in [1.807, 2.05) is 31.2 Å². The van der Waals surface area contributed by atoms with Crippen LogP contribution in [0, 0.1) is 5.92 Å². The van der Waals surface area contributed by atoms with E-state index in [-0.39, 0.29) is 11.8 Å². The van der Waals surface area contributed by atoms with Crippen molar-refractivity contribution in [2.24, 2.45) is 5.92 Å². The van der Waals surface area contributed by atoms with Crippen LogP contribution in [0.4, 0.5) is 0 Å². The number of hydrogen-bond acceptors (Lipinski definition) is 3. The van der Waals surface area contributed by atoms with Crippen LogP contribution in [0.25, 0.3) is 0 Å². The first kappa shape index (κ1) is 18.0. The monoisotopic (exact) mass is 318 g/mol. The number of hydrogen-bond donors (Lipinski definition) is 1. The zero-order chi connectivity index (χ0) is 17.0. The first-order valence-electron chi connectivity index (χ1n) is 8.72. The molecular weight excluding hydrogens is 288 g/mol. The van der Waals surface area contributed by atoms with Crippen LogP contribution in [0.5, 0.6) is 0 Å². The number of nitrogens with zero attached hydrogens (tertiary/aromatic N) is 2. The second kappa shape index (κ2) is 7.93. The molecule has 0 aliphatic carbocycles. The fourth-order valence-corrected chi connectivity index (χ4v) is 3.06. The van der Waals surface area contributed by atoms with Gasteiger partial charge in [0.2, 0.25) is 0 Å². The smallest absolute Gasteiger partial charge is 0.253 e. The number of aliphatic hydroxyl groups excluding tert-OH is 1. The van der Waals surface area contributed by atoms with Crippen LogP contribution in [0.2, 0.25) is 0 Å². The molecule has 4 nitrogen and oxygen atoms in total. The second-order valence-electron chi connectivity index (χ2n) is 6.94. The van der Waals surface area contributed by atoms with Gasteiger partial charge in [-0.2, -0.15) is 0 Å². The Labute approximate surface area is 140 Å². The maximum atomic E-state index is 12.6. The molecule has 1 aromatic carbocycles. The van der Waals surface area contributed by atoms with Crippen molar-refractivity contribution in [1.29, 1.82) is 0 Å². The molecule has 1 saturated heterocycles. The van der Waals surface area contributed by atoms with Crippen LogP contribution in [0.15, 0.2) is 24.3 Å². The quantitative estimate of drug-likeness (QED) is 0.908. The predicted octanol–water partition coefficient (Wildman–Crippen LogP) is 2.76. The number of piperidine rings is 1. The van der Waals surface area contributed by atoms with Crippen molar-refractivity contribution in [3.05, 3.63) is 35.4 Å². The molecular formula is C19H30N2O2. The molecule has 1 heterocycles. The molecule has 1 N–H and O–H groups in total. The molecule has 1 fully saturated rings. The standard InChI is InChI=1S/C19H30N2O2/c1-5-20(14(2)3)12-16-6-8-17(9-7-16)19(23)21-11-10-15(4)18(22)13-21/h6-9,14-15,18,22H,5,10-13H2,1-4H3. The van der Waals surface area contributed by atoms with Crippen molar-refractivity contribution in [2.45, 2.75) is 52.8 Å². The van der Waals surface area contributed by atoms with Crippen LogP contribution < -0.4 is 0 Å². The van der Waals surface area contributed by atoms with Crippen LogP contribution in [0.3, 0.4) is 0 Å². The first-order valence-corrected chi connectivity index (χ1v) is 8.72. The van der Waals surface area contributed by atoms with Crippen LogP contribution in [-0.4, -0.2) is 52.6 Å². The van der Waals surface area contributed by atoms with Crippen molar-refractivity contribution in [2.75, 3.05) is 19.6 Å². The summed E-state index contributed by atoms with van der Waals surface area (Å²) in [6.45, 7) is 11.7. The van der Waals surface area contributed by atoms with E-state index in [1.54, 1.807) is 4.90 Å². The number of amides is 1. The zero-order valence-corrected chi connectivity index (χ0v) is 14.8. The van der Waals surface area contributed by atoms with Gasteiger partial charge >= 0.3 is 0 Å². The molecule has 0 bridgehead atoms. The molecule has 0 aromatic heterocycles. The Morgan fingerprint density at radius 2 is 2.00 bits per heavy atom. The third kappa shape index (κ3) is 4.55. The van der Waals surface area contributed by atoms with Gasteiger partial charge in [-0.3, -0.25) is 9.69 Å². The Morgan fingerprint density at radius 3 is 2.52 bits per heavy atom. The van der Waals surface area contributed by atoms with E-state index in [9.17, 15) is 9.90 Å². The highest BCUT2D eigenvalue weighted by molar-refractivity contribution is 5.94. The first-order chi connectivity index (χ1) is 10.9. The Hall–Kier alpha value is -1.39. The fourth-order valence-electron chi connectivity index (χ4n) is 3.06. The Morgan fingerprint density at radius 1 is 1.35 bits per heavy atom. The van der Waals surface area contributed by atoms with E-state index in [4.69, 9.17) is 0 Å². The molecule has 0 spiro atoms. The maximum absolute atomic E-state index is 12.6. The summed E-state index contributed by atoms with van der Waals surface area (Å²) in [4.78, 5) is 16.7. The molecule has 1 amide bonds. The predicted molar refractivity (Wildman–Crippen MR) is 93.4 cm³/mol. The molecule has 128 valence electrons. The van der Waals surface area contributed by atoms with Gasteiger partial charge in [0, 0.05) is 31.2 Å². The Bertz CT molecular complexity index is 513. The molecule has 1 aromatic rings. The summed E-state index contributed by atoms with van der Waals surface area (Å²) in [5.74, 6) is 0.302. The van der Waals surface area contributed by atoms with E-state index in [0.29, 0.717) is 18.2 Å². The van der Waals surface area contributed by atoms with Gasteiger partial charge in [0.05, 0.1) is 6.10 Å². The summed E-state index contributed by atoms with van der Waals surface area (Å²) in [5.41, 5.74) is 1.94. The number of rotatable bonds is 5. The topological polar surface area (TPSA) is 43.8 Å². The molecule has 0 radical (unpaired) electrons. The summed E-state index contributed by atoms with van der Waals surface area (Å²) in [6.07, 6.45) is 0.460.